The van der Waals surface area contributed by atoms with Gasteiger partial charge in [0.1, 0.15) is 18.1 Å². The Morgan fingerprint density at radius 3 is 2.47 bits per heavy atom. The molecule has 0 aliphatic rings. The monoisotopic (exact) mass is 229 g/mol. The van der Waals surface area contributed by atoms with E-state index in [0.717, 1.165) is 22.6 Å². The van der Waals surface area contributed by atoms with Crippen LogP contribution in [0.1, 0.15) is 11.1 Å². The quantitative estimate of drug-likeness (QED) is 0.796. The molecule has 0 amide bonds. The number of phenols is 1. The zero-order chi connectivity index (χ0) is 12.3. The zero-order valence-corrected chi connectivity index (χ0v) is 9.68. The minimum Gasteiger partial charge on any atom is -0.508 e. The van der Waals surface area contributed by atoms with Crippen LogP contribution in [-0.2, 0) is 6.61 Å². The number of hydrogen-bond acceptors (Lipinski definition) is 3. The lowest BCUT2D eigenvalue weighted by atomic mass is 10.1. The molecule has 2 rings (SSSR count). The van der Waals surface area contributed by atoms with E-state index in [9.17, 15) is 0 Å². The summed E-state index contributed by atoms with van der Waals surface area (Å²) in [6, 6.07) is 12.5. The molecule has 3 heteroatoms. The van der Waals surface area contributed by atoms with E-state index in [4.69, 9.17) is 15.6 Å². The number of anilines is 1. The largest absolute Gasteiger partial charge is 0.508 e. The Morgan fingerprint density at radius 1 is 1.12 bits per heavy atom. The summed E-state index contributed by atoms with van der Waals surface area (Å²) >= 11 is 0. The van der Waals surface area contributed by atoms with Crippen LogP contribution < -0.4 is 10.5 Å². The number of ether oxygens (including phenoxy) is 1. The molecule has 2 aromatic rings. The molecule has 0 aromatic heterocycles. The molecule has 0 atom stereocenters. The van der Waals surface area contributed by atoms with Crippen LogP contribution in [0.15, 0.2) is 42.5 Å². The third-order valence-electron chi connectivity index (χ3n) is 2.59. The van der Waals surface area contributed by atoms with E-state index in [2.05, 4.69) is 0 Å². The fraction of sp³-hybridized carbons (Fsp3) is 0.143. The van der Waals surface area contributed by atoms with Gasteiger partial charge in [0.2, 0.25) is 0 Å². The smallest absolute Gasteiger partial charge is 0.120 e. The highest BCUT2D eigenvalue weighted by molar-refractivity contribution is 5.48. The first-order valence-electron chi connectivity index (χ1n) is 5.42. The molecule has 0 fully saturated rings. The molecule has 0 bridgehead atoms. The number of aromatic hydroxyl groups is 1. The maximum atomic E-state index is 9.14. The molecular formula is C14H15NO2. The van der Waals surface area contributed by atoms with Gasteiger partial charge in [-0.3, -0.25) is 0 Å². The fourth-order valence-electron chi connectivity index (χ4n) is 1.49. The molecule has 0 aliphatic carbocycles. The van der Waals surface area contributed by atoms with Crippen molar-refractivity contribution in [2.45, 2.75) is 13.5 Å². The lowest BCUT2D eigenvalue weighted by Gasteiger charge is -2.08. The van der Waals surface area contributed by atoms with Gasteiger partial charge in [-0.15, -0.1) is 0 Å². The van der Waals surface area contributed by atoms with Crippen LogP contribution in [0.4, 0.5) is 5.69 Å². The molecule has 0 aliphatic heterocycles. The van der Waals surface area contributed by atoms with E-state index in [1.807, 2.05) is 25.1 Å². The molecule has 3 N–H and O–H groups in total. The molecule has 3 nitrogen and oxygen atoms in total. The van der Waals surface area contributed by atoms with Crippen molar-refractivity contribution in [1.82, 2.24) is 0 Å². The van der Waals surface area contributed by atoms with E-state index >= 15 is 0 Å². The van der Waals surface area contributed by atoms with Crippen molar-refractivity contribution in [2.24, 2.45) is 0 Å². The van der Waals surface area contributed by atoms with Gasteiger partial charge in [0.15, 0.2) is 0 Å². The van der Waals surface area contributed by atoms with E-state index in [1.54, 1.807) is 24.3 Å². The Bertz CT molecular complexity index is 506. The van der Waals surface area contributed by atoms with Gasteiger partial charge in [0.25, 0.3) is 0 Å². The van der Waals surface area contributed by atoms with Gasteiger partial charge >= 0.3 is 0 Å². The molecular weight excluding hydrogens is 214 g/mol. The minimum absolute atomic E-state index is 0.233. The summed E-state index contributed by atoms with van der Waals surface area (Å²) in [7, 11) is 0. The molecule has 17 heavy (non-hydrogen) atoms. The molecule has 0 spiro atoms. The van der Waals surface area contributed by atoms with Crippen molar-refractivity contribution in [3.63, 3.8) is 0 Å². The van der Waals surface area contributed by atoms with E-state index < -0.39 is 0 Å². The average molecular weight is 229 g/mol. The van der Waals surface area contributed by atoms with Crippen molar-refractivity contribution >= 4 is 5.69 Å². The van der Waals surface area contributed by atoms with Crippen LogP contribution in [-0.4, -0.2) is 5.11 Å². The number of aryl methyl sites for hydroxylation is 1. The van der Waals surface area contributed by atoms with Crippen molar-refractivity contribution < 1.29 is 9.84 Å². The molecule has 2 aromatic carbocycles. The molecule has 0 unspecified atom stereocenters. The maximum absolute atomic E-state index is 9.14. The molecule has 0 saturated carbocycles. The van der Waals surface area contributed by atoms with Gasteiger partial charge in [-0.1, -0.05) is 12.1 Å². The predicted molar refractivity (Wildman–Crippen MR) is 68.0 cm³/mol. The predicted octanol–water partition coefficient (Wildman–Crippen LogP) is 2.86. The van der Waals surface area contributed by atoms with Crippen molar-refractivity contribution in [1.29, 1.82) is 0 Å². The van der Waals surface area contributed by atoms with Crippen LogP contribution in [0.25, 0.3) is 0 Å². The second-order valence-electron chi connectivity index (χ2n) is 3.97. The van der Waals surface area contributed by atoms with Crippen LogP contribution >= 0.6 is 0 Å². The lowest BCUT2D eigenvalue weighted by molar-refractivity contribution is 0.305. The Morgan fingerprint density at radius 2 is 1.82 bits per heavy atom. The van der Waals surface area contributed by atoms with Crippen LogP contribution in [0.2, 0.25) is 0 Å². The van der Waals surface area contributed by atoms with Crippen LogP contribution in [0.3, 0.4) is 0 Å². The first-order valence-corrected chi connectivity index (χ1v) is 5.42. The molecule has 88 valence electrons. The van der Waals surface area contributed by atoms with Crippen molar-refractivity contribution in [2.75, 3.05) is 5.73 Å². The Balaban J connectivity index is 2.02. The van der Waals surface area contributed by atoms with Gasteiger partial charge < -0.3 is 15.6 Å². The van der Waals surface area contributed by atoms with E-state index in [1.165, 1.54) is 0 Å². The zero-order valence-electron chi connectivity index (χ0n) is 9.68. The highest BCUT2D eigenvalue weighted by Crippen LogP contribution is 2.18. The molecule has 0 saturated heterocycles. The third-order valence-corrected chi connectivity index (χ3v) is 2.59. The van der Waals surface area contributed by atoms with Gasteiger partial charge in [0, 0.05) is 5.69 Å². The summed E-state index contributed by atoms with van der Waals surface area (Å²) in [6.45, 7) is 2.44. The highest BCUT2D eigenvalue weighted by Gasteiger charge is 1.99. The van der Waals surface area contributed by atoms with Crippen molar-refractivity contribution in [3.8, 4) is 11.5 Å². The van der Waals surface area contributed by atoms with Gasteiger partial charge in [-0.2, -0.15) is 0 Å². The van der Waals surface area contributed by atoms with Crippen LogP contribution in [0.5, 0.6) is 11.5 Å². The Kier molecular flexibility index (Phi) is 3.19. The normalized spacial score (nSPS) is 10.2. The summed E-state index contributed by atoms with van der Waals surface area (Å²) in [6.07, 6.45) is 0. The highest BCUT2D eigenvalue weighted by atomic mass is 16.5. The van der Waals surface area contributed by atoms with Crippen molar-refractivity contribution in [3.05, 3.63) is 53.6 Å². The van der Waals surface area contributed by atoms with Crippen LogP contribution in [0, 0.1) is 6.92 Å². The number of rotatable bonds is 3. The number of nitrogen functional groups attached to an aromatic ring is 1. The van der Waals surface area contributed by atoms with Gasteiger partial charge in [-0.05, 0) is 48.4 Å². The minimum atomic E-state index is 0.233. The third kappa shape index (κ3) is 2.91. The first-order chi connectivity index (χ1) is 8.15. The second kappa shape index (κ2) is 4.78. The summed E-state index contributed by atoms with van der Waals surface area (Å²) in [4.78, 5) is 0. The lowest BCUT2D eigenvalue weighted by Crippen LogP contribution is -1.97. The summed E-state index contributed by atoms with van der Waals surface area (Å²) in [5, 5.41) is 9.14. The first kappa shape index (κ1) is 11.3. The summed E-state index contributed by atoms with van der Waals surface area (Å²) in [5.74, 6) is 0.957. The fourth-order valence-corrected chi connectivity index (χ4v) is 1.49. The molecule has 0 heterocycles. The summed E-state index contributed by atoms with van der Waals surface area (Å²) < 4.78 is 5.58. The number of phenolic OH excluding ortho intramolecular Hbond substituents is 1. The Labute approximate surface area is 100 Å². The summed E-state index contributed by atoms with van der Waals surface area (Å²) in [5.41, 5.74) is 8.69. The number of hydrogen-bond donors (Lipinski definition) is 2. The van der Waals surface area contributed by atoms with E-state index in [0.29, 0.717) is 6.61 Å². The van der Waals surface area contributed by atoms with Gasteiger partial charge in [-0.25, -0.2) is 0 Å². The maximum Gasteiger partial charge on any atom is 0.120 e. The standard InChI is InChI=1S/C14H15NO2/c1-10-2-3-11(8-14(10)15)9-17-13-6-4-12(16)5-7-13/h2-8,16H,9,15H2,1H3. The second-order valence-corrected chi connectivity index (χ2v) is 3.97. The SMILES string of the molecule is Cc1ccc(COc2ccc(O)cc2)cc1N. The van der Waals surface area contributed by atoms with E-state index in [-0.39, 0.29) is 5.75 Å². The molecule has 0 radical (unpaired) electrons. The average Bonchev–Trinajstić information content (AvgIpc) is 2.33. The number of benzene rings is 2. The Hall–Kier alpha value is -2.16. The topological polar surface area (TPSA) is 55.5 Å². The number of nitrogens with two attached hydrogens (primary N) is 1. The van der Waals surface area contributed by atoms with Gasteiger partial charge in [0.05, 0.1) is 0 Å².